The highest BCUT2D eigenvalue weighted by Crippen LogP contribution is 2.31. The van der Waals surface area contributed by atoms with Crippen LogP contribution in [0, 0.1) is 6.92 Å². The molecule has 5 heteroatoms. The van der Waals surface area contributed by atoms with Crippen LogP contribution in [0.15, 0.2) is 28.7 Å². The van der Waals surface area contributed by atoms with Gasteiger partial charge in [-0.1, -0.05) is 28.1 Å². The Kier molecular flexibility index (Phi) is 3.95. The van der Waals surface area contributed by atoms with Crippen molar-refractivity contribution in [1.82, 2.24) is 4.98 Å². The lowest BCUT2D eigenvalue weighted by Gasteiger charge is -2.12. The fourth-order valence-electron chi connectivity index (χ4n) is 2.50. The fourth-order valence-corrected chi connectivity index (χ4v) is 2.89. The number of nitrogens with zero attached hydrogens (tertiary/aromatic N) is 1. The summed E-state index contributed by atoms with van der Waals surface area (Å²) in [6.45, 7) is 2.02. The van der Waals surface area contributed by atoms with Gasteiger partial charge in [0.2, 0.25) is 5.88 Å². The second kappa shape index (κ2) is 5.73. The van der Waals surface area contributed by atoms with E-state index in [1.54, 1.807) is 0 Å². The Hall–Kier alpha value is -1.46. The van der Waals surface area contributed by atoms with Crippen LogP contribution in [0.5, 0.6) is 11.6 Å². The summed E-state index contributed by atoms with van der Waals surface area (Å²) in [5, 5.41) is 0. The smallest absolute Gasteiger partial charge is 0.229 e. The van der Waals surface area contributed by atoms with Gasteiger partial charge >= 0.3 is 0 Å². The molecule has 0 saturated heterocycles. The number of ether oxygens (including phenoxy) is 1. The van der Waals surface area contributed by atoms with Crippen molar-refractivity contribution in [2.75, 3.05) is 0 Å². The maximum Gasteiger partial charge on any atom is 0.229 e. The van der Waals surface area contributed by atoms with E-state index in [4.69, 9.17) is 22.7 Å². The van der Waals surface area contributed by atoms with E-state index in [-0.39, 0.29) is 0 Å². The molecule has 0 amide bonds. The van der Waals surface area contributed by atoms with Crippen molar-refractivity contribution in [3.63, 3.8) is 0 Å². The van der Waals surface area contributed by atoms with Gasteiger partial charge in [0.15, 0.2) is 0 Å². The number of halogens is 1. The molecule has 1 aromatic heterocycles. The molecule has 21 heavy (non-hydrogen) atoms. The second-order valence-electron chi connectivity index (χ2n) is 5.18. The Morgan fingerprint density at radius 1 is 1.33 bits per heavy atom. The maximum absolute atomic E-state index is 5.93. The van der Waals surface area contributed by atoms with Gasteiger partial charge in [0.25, 0.3) is 0 Å². The first-order valence-corrected chi connectivity index (χ1v) is 8.01. The largest absolute Gasteiger partial charge is 0.438 e. The molecule has 0 atom stereocenters. The third-order valence-electron chi connectivity index (χ3n) is 3.63. The number of aromatic nitrogens is 1. The first kappa shape index (κ1) is 14.5. The zero-order chi connectivity index (χ0) is 15.0. The van der Waals surface area contributed by atoms with Crippen LogP contribution in [0.1, 0.15) is 28.8 Å². The Bertz CT molecular complexity index is 730. The van der Waals surface area contributed by atoms with Crippen molar-refractivity contribution in [3.8, 4) is 11.6 Å². The minimum absolute atomic E-state index is 0.320. The van der Waals surface area contributed by atoms with Crippen LogP contribution in [0.2, 0.25) is 0 Å². The van der Waals surface area contributed by atoms with Crippen LogP contribution in [0.3, 0.4) is 0 Å². The van der Waals surface area contributed by atoms with Crippen molar-refractivity contribution >= 4 is 33.1 Å². The molecule has 108 valence electrons. The predicted molar refractivity (Wildman–Crippen MR) is 91.1 cm³/mol. The van der Waals surface area contributed by atoms with Gasteiger partial charge in [-0.05, 0) is 61.6 Å². The van der Waals surface area contributed by atoms with E-state index < -0.39 is 0 Å². The van der Waals surface area contributed by atoms with Crippen LogP contribution < -0.4 is 10.5 Å². The van der Waals surface area contributed by atoms with E-state index in [1.165, 1.54) is 5.56 Å². The molecule has 1 aromatic carbocycles. The van der Waals surface area contributed by atoms with E-state index >= 15 is 0 Å². The molecule has 0 aliphatic heterocycles. The molecular formula is C16H15BrN2OS. The van der Waals surface area contributed by atoms with Gasteiger partial charge in [-0.25, -0.2) is 4.98 Å². The SMILES string of the molecule is Cc1cc(Oc2nc3c(cc2C(N)=S)CCC3)ccc1Br. The van der Waals surface area contributed by atoms with Crippen LogP contribution in [0.4, 0.5) is 0 Å². The number of pyridine rings is 1. The van der Waals surface area contributed by atoms with E-state index in [2.05, 4.69) is 20.9 Å². The zero-order valence-electron chi connectivity index (χ0n) is 11.6. The number of rotatable bonds is 3. The first-order chi connectivity index (χ1) is 10.0. The Balaban J connectivity index is 2.01. The monoisotopic (exact) mass is 362 g/mol. The molecule has 0 spiro atoms. The molecule has 1 heterocycles. The lowest BCUT2D eigenvalue weighted by molar-refractivity contribution is 0.459. The maximum atomic E-state index is 5.93. The van der Waals surface area contributed by atoms with Crippen molar-refractivity contribution in [2.45, 2.75) is 26.2 Å². The lowest BCUT2D eigenvalue weighted by Crippen LogP contribution is -2.13. The standard InChI is InChI=1S/C16H15BrN2OS/c1-9-7-11(5-6-13(9)17)20-16-12(15(18)21)8-10-3-2-4-14(10)19-16/h5-8H,2-4H2,1H3,(H2,18,21). The van der Waals surface area contributed by atoms with Gasteiger partial charge < -0.3 is 10.5 Å². The van der Waals surface area contributed by atoms with Crippen LogP contribution in [0.25, 0.3) is 0 Å². The van der Waals surface area contributed by atoms with Gasteiger partial charge in [0, 0.05) is 10.2 Å². The van der Waals surface area contributed by atoms with Gasteiger partial charge in [0.05, 0.1) is 5.56 Å². The van der Waals surface area contributed by atoms with Gasteiger partial charge in [-0.3, -0.25) is 0 Å². The van der Waals surface area contributed by atoms with E-state index in [9.17, 15) is 0 Å². The topological polar surface area (TPSA) is 48.1 Å². The molecular weight excluding hydrogens is 348 g/mol. The van der Waals surface area contributed by atoms with E-state index in [0.717, 1.165) is 40.7 Å². The Morgan fingerprint density at radius 2 is 2.14 bits per heavy atom. The number of thiocarbonyl (C=S) groups is 1. The zero-order valence-corrected chi connectivity index (χ0v) is 14.1. The molecule has 0 radical (unpaired) electrons. The third kappa shape index (κ3) is 2.94. The molecule has 2 aromatic rings. The van der Waals surface area contributed by atoms with Crippen molar-refractivity contribution in [3.05, 3.63) is 51.1 Å². The summed E-state index contributed by atoms with van der Waals surface area (Å²) in [5.74, 6) is 1.24. The molecule has 3 nitrogen and oxygen atoms in total. The highest BCUT2D eigenvalue weighted by molar-refractivity contribution is 9.10. The molecule has 1 aliphatic rings. The minimum Gasteiger partial charge on any atom is -0.438 e. The van der Waals surface area contributed by atoms with Crippen molar-refractivity contribution < 1.29 is 4.74 Å². The van der Waals surface area contributed by atoms with E-state index in [1.807, 2.05) is 31.2 Å². The summed E-state index contributed by atoms with van der Waals surface area (Å²) in [6.07, 6.45) is 3.15. The molecule has 3 rings (SSSR count). The number of fused-ring (bicyclic) bond motifs is 1. The number of nitrogens with two attached hydrogens (primary N) is 1. The van der Waals surface area contributed by atoms with Crippen LogP contribution in [-0.2, 0) is 12.8 Å². The van der Waals surface area contributed by atoms with Gasteiger partial charge in [-0.15, -0.1) is 0 Å². The van der Waals surface area contributed by atoms with Gasteiger partial charge in [-0.2, -0.15) is 0 Å². The highest BCUT2D eigenvalue weighted by atomic mass is 79.9. The number of benzene rings is 1. The number of hydrogen-bond donors (Lipinski definition) is 1. The normalized spacial score (nSPS) is 13.0. The predicted octanol–water partition coefficient (Wildman–Crippen LogP) is 4.07. The summed E-state index contributed by atoms with van der Waals surface area (Å²) in [5.41, 5.74) is 9.97. The van der Waals surface area contributed by atoms with Crippen LogP contribution >= 0.6 is 28.1 Å². The summed E-state index contributed by atoms with van der Waals surface area (Å²) in [7, 11) is 0. The summed E-state index contributed by atoms with van der Waals surface area (Å²) in [4.78, 5) is 4.94. The molecule has 0 bridgehead atoms. The fraction of sp³-hybridized carbons (Fsp3) is 0.250. The molecule has 0 fully saturated rings. The van der Waals surface area contributed by atoms with Crippen molar-refractivity contribution in [1.29, 1.82) is 0 Å². The Labute approximate surface area is 137 Å². The average molecular weight is 363 g/mol. The molecule has 2 N–H and O–H groups in total. The second-order valence-corrected chi connectivity index (χ2v) is 6.47. The molecule has 0 saturated carbocycles. The molecule has 1 aliphatic carbocycles. The quantitative estimate of drug-likeness (QED) is 0.836. The van der Waals surface area contributed by atoms with Crippen molar-refractivity contribution in [2.24, 2.45) is 5.73 Å². The average Bonchev–Trinajstić information content (AvgIpc) is 2.89. The van der Waals surface area contributed by atoms with Gasteiger partial charge in [0.1, 0.15) is 10.7 Å². The molecule has 0 unspecified atom stereocenters. The summed E-state index contributed by atoms with van der Waals surface area (Å²) in [6, 6.07) is 7.84. The summed E-state index contributed by atoms with van der Waals surface area (Å²) >= 11 is 8.61. The highest BCUT2D eigenvalue weighted by Gasteiger charge is 2.19. The minimum atomic E-state index is 0.320. The van der Waals surface area contributed by atoms with E-state index in [0.29, 0.717) is 16.4 Å². The third-order valence-corrected chi connectivity index (χ3v) is 4.73. The Morgan fingerprint density at radius 3 is 2.86 bits per heavy atom. The summed E-state index contributed by atoms with van der Waals surface area (Å²) < 4.78 is 6.98. The lowest BCUT2D eigenvalue weighted by atomic mass is 10.1. The number of hydrogen-bond acceptors (Lipinski definition) is 3. The van der Waals surface area contributed by atoms with Crippen LogP contribution in [-0.4, -0.2) is 9.97 Å². The first-order valence-electron chi connectivity index (χ1n) is 6.81. The number of aryl methyl sites for hydroxylation is 3.